The molecule has 2 heterocycles. The van der Waals surface area contributed by atoms with E-state index in [0.29, 0.717) is 0 Å². The molecule has 13 heavy (non-hydrogen) atoms. The number of hydrogen-bond acceptors (Lipinski definition) is 4. The first-order valence-corrected chi connectivity index (χ1v) is 4.79. The molecule has 1 N–H and O–H groups in total. The third-order valence-electron chi connectivity index (χ3n) is 2.42. The molecule has 1 saturated heterocycles. The summed E-state index contributed by atoms with van der Waals surface area (Å²) in [5.41, 5.74) is 0. The van der Waals surface area contributed by atoms with Crippen LogP contribution in [0.5, 0.6) is 0 Å². The Morgan fingerprint density at radius 3 is 2.77 bits per heavy atom. The highest BCUT2D eigenvalue weighted by molar-refractivity contribution is 5.46. The summed E-state index contributed by atoms with van der Waals surface area (Å²) in [6, 6.07) is 1.95. The molecule has 1 aliphatic rings. The molecule has 1 aromatic heterocycles. The molecule has 4 nitrogen and oxygen atoms in total. The van der Waals surface area contributed by atoms with Gasteiger partial charge < -0.3 is 14.7 Å². The summed E-state index contributed by atoms with van der Waals surface area (Å²) in [5, 5.41) is 6.84. The van der Waals surface area contributed by atoms with Crippen molar-refractivity contribution in [2.24, 2.45) is 0 Å². The fourth-order valence-corrected chi connectivity index (χ4v) is 1.65. The normalized spacial score (nSPS) is 17.5. The van der Waals surface area contributed by atoms with Crippen LogP contribution in [0.15, 0.2) is 10.6 Å². The number of nitrogens with one attached hydrogen (secondary N) is 1. The second kappa shape index (κ2) is 3.68. The van der Waals surface area contributed by atoms with Crippen LogP contribution in [-0.2, 0) is 0 Å². The minimum atomic E-state index is 0.806. The van der Waals surface area contributed by atoms with Gasteiger partial charge in [-0.05, 0) is 19.3 Å². The minimum absolute atomic E-state index is 0.806. The van der Waals surface area contributed by atoms with Crippen LogP contribution in [-0.4, -0.2) is 25.3 Å². The van der Waals surface area contributed by atoms with E-state index in [4.69, 9.17) is 4.52 Å². The topological polar surface area (TPSA) is 41.3 Å². The lowest BCUT2D eigenvalue weighted by Gasteiger charge is -2.25. The van der Waals surface area contributed by atoms with Crippen molar-refractivity contribution in [1.29, 1.82) is 0 Å². The van der Waals surface area contributed by atoms with Crippen molar-refractivity contribution >= 4 is 11.7 Å². The van der Waals surface area contributed by atoms with E-state index >= 15 is 0 Å². The molecule has 0 aliphatic carbocycles. The zero-order valence-corrected chi connectivity index (χ0v) is 7.92. The van der Waals surface area contributed by atoms with Gasteiger partial charge in [-0.1, -0.05) is 5.16 Å². The van der Waals surface area contributed by atoms with Gasteiger partial charge in [0, 0.05) is 26.2 Å². The molecule has 0 radical (unpaired) electrons. The molecule has 0 spiro atoms. The van der Waals surface area contributed by atoms with Crippen molar-refractivity contribution in [2.45, 2.75) is 19.3 Å². The zero-order valence-electron chi connectivity index (χ0n) is 7.92. The maximum atomic E-state index is 5.21. The van der Waals surface area contributed by atoms with E-state index in [1.807, 2.05) is 13.1 Å². The Balaban J connectivity index is 2.05. The largest absolute Gasteiger partial charge is 0.370 e. The maximum Gasteiger partial charge on any atom is 0.229 e. The number of aromatic nitrogens is 1. The van der Waals surface area contributed by atoms with Crippen LogP contribution in [0.25, 0.3) is 0 Å². The molecular weight excluding hydrogens is 166 g/mol. The van der Waals surface area contributed by atoms with Gasteiger partial charge in [-0.25, -0.2) is 0 Å². The number of rotatable bonds is 2. The third-order valence-corrected chi connectivity index (χ3v) is 2.42. The van der Waals surface area contributed by atoms with Gasteiger partial charge in [-0.2, -0.15) is 0 Å². The molecule has 1 fully saturated rings. The van der Waals surface area contributed by atoms with E-state index in [0.717, 1.165) is 24.8 Å². The Morgan fingerprint density at radius 1 is 1.38 bits per heavy atom. The van der Waals surface area contributed by atoms with Crippen LogP contribution < -0.4 is 10.2 Å². The first-order chi connectivity index (χ1) is 6.40. The lowest BCUT2D eigenvalue weighted by atomic mass is 10.1. The van der Waals surface area contributed by atoms with Crippen LogP contribution in [0.4, 0.5) is 11.7 Å². The van der Waals surface area contributed by atoms with Crippen molar-refractivity contribution < 1.29 is 4.52 Å². The Kier molecular flexibility index (Phi) is 2.38. The third kappa shape index (κ3) is 1.76. The van der Waals surface area contributed by atoms with Gasteiger partial charge >= 0.3 is 0 Å². The highest BCUT2D eigenvalue weighted by Gasteiger charge is 2.14. The average Bonchev–Trinajstić information content (AvgIpc) is 2.67. The molecule has 1 aromatic rings. The van der Waals surface area contributed by atoms with Crippen molar-refractivity contribution in [2.75, 3.05) is 30.4 Å². The Morgan fingerprint density at radius 2 is 2.15 bits per heavy atom. The Bertz CT molecular complexity index is 266. The molecule has 2 rings (SSSR count). The van der Waals surface area contributed by atoms with Crippen LogP contribution in [0, 0.1) is 0 Å². The summed E-state index contributed by atoms with van der Waals surface area (Å²) in [4.78, 5) is 2.25. The van der Waals surface area contributed by atoms with Crippen molar-refractivity contribution in [3.8, 4) is 0 Å². The molecule has 0 bridgehead atoms. The number of hydrogen-bond donors (Lipinski definition) is 1. The van der Waals surface area contributed by atoms with Gasteiger partial charge in [-0.15, -0.1) is 0 Å². The van der Waals surface area contributed by atoms with Crippen molar-refractivity contribution in [3.05, 3.63) is 6.07 Å². The number of anilines is 2. The van der Waals surface area contributed by atoms with Crippen LogP contribution in [0.1, 0.15) is 19.3 Å². The molecule has 0 saturated carbocycles. The van der Waals surface area contributed by atoms with Gasteiger partial charge in [0.15, 0.2) is 5.82 Å². The SMILES string of the molecule is CNc1cc(N2CCCCC2)on1. The number of piperidine rings is 1. The zero-order chi connectivity index (χ0) is 9.10. The molecule has 0 atom stereocenters. The fourth-order valence-electron chi connectivity index (χ4n) is 1.65. The highest BCUT2D eigenvalue weighted by Crippen LogP contribution is 2.22. The van der Waals surface area contributed by atoms with Gasteiger partial charge in [-0.3, -0.25) is 0 Å². The van der Waals surface area contributed by atoms with E-state index in [2.05, 4.69) is 15.4 Å². The van der Waals surface area contributed by atoms with E-state index in [1.165, 1.54) is 19.3 Å². The monoisotopic (exact) mass is 181 g/mol. The predicted octanol–water partition coefficient (Wildman–Crippen LogP) is 1.71. The summed E-state index contributed by atoms with van der Waals surface area (Å²) in [6.07, 6.45) is 3.86. The van der Waals surface area contributed by atoms with Gasteiger partial charge in [0.25, 0.3) is 0 Å². The highest BCUT2D eigenvalue weighted by atomic mass is 16.5. The standard InChI is InChI=1S/C9H15N3O/c1-10-8-7-9(13-11-8)12-5-3-2-4-6-12/h7H,2-6H2,1H3,(H,10,11). The molecule has 0 unspecified atom stereocenters. The van der Waals surface area contributed by atoms with Crippen LogP contribution in [0.2, 0.25) is 0 Å². The first-order valence-electron chi connectivity index (χ1n) is 4.79. The van der Waals surface area contributed by atoms with Gasteiger partial charge in [0.1, 0.15) is 0 Å². The first kappa shape index (κ1) is 8.41. The molecule has 1 aliphatic heterocycles. The second-order valence-corrected chi connectivity index (χ2v) is 3.35. The Hall–Kier alpha value is -1.19. The second-order valence-electron chi connectivity index (χ2n) is 3.35. The number of nitrogens with zero attached hydrogens (tertiary/aromatic N) is 2. The molecule has 0 aromatic carbocycles. The smallest absolute Gasteiger partial charge is 0.229 e. The Labute approximate surface area is 77.9 Å². The van der Waals surface area contributed by atoms with Crippen LogP contribution >= 0.6 is 0 Å². The van der Waals surface area contributed by atoms with E-state index in [1.54, 1.807) is 0 Å². The predicted molar refractivity (Wildman–Crippen MR) is 52.1 cm³/mol. The van der Waals surface area contributed by atoms with Crippen molar-refractivity contribution in [3.63, 3.8) is 0 Å². The molecule has 4 heteroatoms. The van der Waals surface area contributed by atoms with Crippen molar-refractivity contribution in [1.82, 2.24) is 5.16 Å². The van der Waals surface area contributed by atoms with Crippen LogP contribution in [0.3, 0.4) is 0 Å². The minimum Gasteiger partial charge on any atom is -0.370 e. The quantitative estimate of drug-likeness (QED) is 0.754. The lowest BCUT2D eigenvalue weighted by molar-refractivity contribution is 0.407. The lowest BCUT2D eigenvalue weighted by Crippen LogP contribution is -2.28. The fraction of sp³-hybridized carbons (Fsp3) is 0.667. The summed E-state index contributed by atoms with van der Waals surface area (Å²) in [6.45, 7) is 2.19. The molecule has 72 valence electrons. The summed E-state index contributed by atoms with van der Waals surface area (Å²) in [5.74, 6) is 1.70. The summed E-state index contributed by atoms with van der Waals surface area (Å²) < 4.78 is 5.21. The van der Waals surface area contributed by atoms with E-state index < -0.39 is 0 Å². The van der Waals surface area contributed by atoms with Gasteiger partial charge in [0.2, 0.25) is 5.88 Å². The van der Waals surface area contributed by atoms with E-state index in [-0.39, 0.29) is 0 Å². The van der Waals surface area contributed by atoms with Gasteiger partial charge in [0.05, 0.1) is 0 Å². The summed E-state index contributed by atoms with van der Waals surface area (Å²) in [7, 11) is 1.85. The molecular formula is C9H15N3O. The molecule has 0 amide bonds. The van der Waals surface area contributed by atoms with E-state index in [9.17, 15) is 0 Å². The maximum absolute atomic E-state index is 5.21. The average molecular weight is 181 g/mol. The summed E-state index contributed by atoms with van der Waals surface area (Å²) >= 11 is 0.